The van der Waals surface area contributed by atoms with Crippen molar-refractivity contribution in [3.63, 3.8) is 0 Å². The largest absolute Gasteiger partial charge is 0.508 e. The van der Waals surface area contributed by atoms with Gasteiger partial charge in [0.05, 0.1) is 12.2 Å². The standard InChI is InChI=1S/C17H34O5/c1-5-7-9-15(13(3)18)11-21-17(20)22-12-16(14(4)19)10-8-6-2/h13-16,18-19H,5-12H2,1-4H3. The molecule has 0 saturated carbocycles. The summed E-state index contributed by atoms with van der Waals surface area (Å²) in [6.45, 7) is 7.93. The molecule has 5 nitrogen and oxygen atoms in total. The number of aliphatic hydroxyl groups is 2. The molecule has 5 heteroatoms. The van der Waals surface area contributed by atoms with E-state index >= 15 is 0 Å². The van der Waals surface area contributed by atoms with Gasteiger partial charge in [0.25, 0.3) is 0 Å². The van der Waals surface area contributed by atoms with Crippen LogP contribution in [0.2, 0.25) is 0 Å². The maximum Gasteiger partial charge on any atom is 0.508 e. The summed E-state index contributed by atoms with van der Waals surface area (Å²) in [6.07, 6.45) is 4.00. The summed E-state index contributed by atoms with van der Waals surface area (Å²) in [5, 5.41) is 19.3. The summed E-state index contributed by atoms with van der Waals surface area (Å²) in [6, 6.07) is 0. The van der Waals surface area contributed by atoms with Crippen molar-refractivity contribution in [2.75, 3.05) is 13.2 Å². The molecule has 0 radical (unpaired) electrons. The van der Waals surface area contributed by atoms with Crippen LogP contribution < -0.4 is 0 Å². The normalized spacial score (nSPS) is 16.6. The second kappa shape index (κ2) is 12.7. The Labute approximate surface area is 135 Å². The van der Waals surface area contributed by atoms with Gasteiger partial charge in [-0.25, -0.2) is 4.79 Å². The quantitative estimate of drug-likeness (QED) is 0.538. The summed E-state index contributed by atoms with van der Waals surface area (Å²) in [7, 11) is 0. The van der Waals surface area contributed by atoms with Crippen LogP contribution in [-0.2, 0) is 9.47 Å². The van der Waals surface area contributed by atoms with Gasteiger partial charge in [-0.3, -0.25) is 0 Å². The molecule has 0 aliphatic heterocycles. The molecule has 0 bridgehead atoms. The highest BCUT2D eigenvalue weighted by Crippen LogP contribution is 2.16. The van der Waals surface area contributed by atoms with E-state index in [2.05, 4.69) is 13.8 Å². The highest BCUT2D eigenvalue weighted by molar-refractivity contribution is 5.59. The van der Waals surface area contributed by atoms with Gasteiger partial charge in [0.1, 0.15) is 13.2 Å². The van der Waals surface area contributed by atoms with E-state index in [4.69, 9.17) is 9.47 Å². The Balaban J connectivity index is 4.09. The SMILES string of the molecule is CCCCC(COC(=O)OCC(CCCC)C(C)O)C(C)O. The van der Waals surface area contributed by atoms with Gasteiger partial charge in [0, 0.05) is 11.8 Å². The third-order valence-corrected chi connectivity index (χ3v) is 4.05. The van der Waals surface area contributed by atoms with Gasteiger partial charge in [-0.15, -0.1) is 0 Å². The molecule has 132 valence electrons. The molecule has 0 aromatic heterocycles. The van der Waals surface area contributed by atoms with Crippen molar-refractivity contribution in [3.8, 4) is 0 Å². The average Bonchev–Trinajstić information content (AvgIpc) is 2.46. The topological polar surface area (TPSA) is 76.0 Å². The molecule has 0 saturated heterocycles. The molecular weight excluding hydrogens is 284 g/mol. The highest BCUT2D eigenvalue weighted by Gasteiger charge is 2.20. The second-order valence-corrected chi connectivity index (χ2v) is 6.16. The predicted octanol–water partition coefficient (Wildman–Crippen LogP) is 3.51. The number of carbonyl (C=O) groups is 1. The summed E-state index contributed by atoms with van der Waals surface area (Å²) in [5.41, 5.74) is 0. The lowest BCUT2D eigenvalue weighted by Gasteiger charge is -2.21. The highest BCUT2D eigenvalue weighted by atomic mass is 16.7. The Bertz CT molecular complexity index is 252. The van der Waals surface area contributed by atoms with Gasteiger partial charge in [-0.2, -0.15) is 0 Å². The zero-order valence-corrected chi connectivity index (χ0v) is 14.6. The van der Waals surface area contributed by atoms with Crippen LogP contribution in [0.3, 0.4) is 0 Å². The molecule has 0 amide bonds. The summed E-state index contributed by atoms with van der Waals surface area (Å²) in [4.78, 5) is 11.6. The fourth-order valence-corrected chi connectivity index (χ4v) is 2.25. The Kier molecular flexibility index (Phi) is 12.2. The second-order valence-electron chi connectivity index (χ2n) is 6.16. The van der Waals surface area contributed by atoms with Crippen LogP contribution in [0, 0.1) is 11.8 Å². The smallest absolute Gasteiger partial charge is 0.434 e. The van der Waals surface area contributed by atoms with Crippen molar-refractivity contribution >= 4 is 6.16 Å². The first-order valence-electron chi connectivity index (χ1n) is 8.57. The Morgan fingerprint density at radius 2 is 1.23 bits per heavy atom. The lowest BCUT2D eigenvalue weighted by Crippen LogP contribution is -2.27. The molecule has 0 aromatic rings. The molecular formula is C17H34O5. The monoisotopic (exact) mass is 318 g/mol. The number of carbonyl (C=O) groups excluding carboxylic acids is 1. The molecule has 0 heterocycles. The summed E-state index contributed by atoms with van der Waals surface area (Å²) < 4.78 is 10.2. The van der Waals surface area contributed by atoms with Crippen LogP contribution in [0.1, 0.15) is 66.2 Å². The first-order valence-corrected chi connectivity index (χ1v) is 8.57. The molecule has 0 aliphatic carbocycles. The first kappa shape index (κ1) is 21.2. The first-order chi connectivity index (χ1) is 10.4. The van der Waals surface area contributed by atoms with E-state index in [1.807, 2.05) is 0 Å². The number of ether oxygens (including phenoxy) is 2. The Hall–Kier alpha value is -0.810. The zero-order valence-electron chi connectivity index (χ0n) is 14.6. The number of unbranched alkanes of at least 4 members (excludes halogenated alkanes) is 2. The van der Waals surface area contributed by atoms with E-state index in [9.17, 15) is 15.0 Å². The van der Waals surface area contributed by atoms with Crippen LogP contribution in [0.5, 0.6) is 0 Å². The van der Waals surface area contributed by atoms with Gasteiger partial charge < -0.3 is 19.7 Å². The van der Waals surface area contributed by atoms with Gasteiger partial charge in [0.15, 0.2) is 0 Å². The van der Waals surface area contributed by atoms with Gasteiger partial charge in [-0.05, 0) is 26.7 Å². The average molecular weight is 318 g/mol. The fraction of sp³-hybridized carbons (Fsp3) is 0.941. The van der Waals surface area contributed by atoms with Gasteiger partial charge in [-0.1, -0.05) is 39.5 Å². The number of hydrogen-bond acceptors (Lipinski definition) is 5. The third-order valence-electron chi connectivity index (χ3n) is 4.05. The minimum Gasteiger partial charge on any atom is -0.434 e. The van der Waals surface area contributed by atoms with Crippen LogP contribution in [-0.4, -0.2) is 41.8 Å². The lowest BCUT2D eigenvalue weighted by atomic mass is 9.98. The maximum atomic E-state index is 11.6. The van der Waals surface area contributed by atoms with E-state index in [-0.39, 0.29) is 25.0 Å². The molecule has 4 unspecified atom stereocenters. The van der Waals surface area contributed by atoms with Crippen LogP contribution in [0.25, 0.3) is 0 Å². The molecule has 0 rings (SSSR count). The van der Waals surface area contributed by atoms with Crippen molar-refractivity contribution in [1.29, 1.82) is 0 Å². The van der Waals surface area contributed by atoms with Gasteiger partial charge >= 0.3 is 6.16 Å². The van der Waals surface area contributed by atoms with E-state index in [0.717, 1.165) is 38.5 Å². The lowest BCUT2D eigenvalue weighted by molar-refractivity contribution is -0.00173. The van der Waals surface area contributed by atoms with E-state index < -0.39 is 18.4 Å². The number of aliphatic hydroxyl groups excluding tert-OH is 2. The minimum absolute atomic E-state index is 0.0554. The molecule has 0 fully saturated rings. The van der Waals surface area contributed by atoms with Crippen LogP contribution in [0.15, 0.2) is 0 Å². The molecule has 0 aromatic carbocycles. The number of hydrogen-bond donors (Lipinski definition) is 2. The van der Waals surface area contributed by atoms with Crippen molar-refractivity contribution in [1.82, 2.24) is 0 Å². The van der Waals surface area contributed by atoms with Crippen molar-refractivity contribution < 1.29 is 24.5 Å². The van der Waals surface area contributed by atoms with Crippen molar-refractivity contribution in [3.05, 3.63) is 0 Å². The predicted molar refractivity (Wildman–Crippen MR) is 86.7 cm³/mol. The number of rotatable bonds is 12. The molecule has 22 heavy (non-hydrogen) atoms. The fourth-order valence-electron chi connectivity index (χ4n) is 2.25. The maximum absolute atomic E-state index is 11.6. The Morgan fingerprint density at radius 3 is 1.50 bits per heavy atom. The molecule has 4 atom stereocenters. The van der Waals surface area contributed by atoms with Crippen LogP contribution in [0.4, 0.5) is 4.79 Å². The molecule has 0 aliphatic rings. The molecule has 2 N–H and O–H groups in total. The van der Waals surface area contributed by atoms with E-state index in [1.54, 1.807) is 13.8 Å². The Morgan fingerprint density at radius 1 is 0.864 bits per heavy atom. The van der Waals surface area contributed by atoms with Crippen LogP contribution >= 0.6 is 0 Å². The van der Waals surface area contributed by atoms with Crippen molar-refractivity contribution in [2.24, 2.45) is 11.8 Å². The zero-order chi connectivity index (χ0) is 17.0. The molecule has 0 spiro atoms. The summed E-state index contributed by atoms with van der Waals surface area (Å²) in [5.74, 6) is -0.111. The van der Waals surface area contributed by atoms with E-state index in [1.165, 1.54) is 0 Å². The van der Waals surface area contributed by atoms with Crippen molar-refractivity contribution in [2.45, 2.75) is 78.4 Å². The van der Waals surface area contributed by atoms with E-state index in [0.29, 0.717) is 0 Å². The van der Waals surface area contributed by atoms with Gasteiger partial charge in [0.2, 0.25) is 0 Å². The summed E-state index contributed by atoms with van der Waals surface area (Å²) >= 11 is 0. The minimum atomic E-state index is -0.718. The third kappa shape index (κ3) is 10.0.